The molecule has 0 unspecified atom stereocenters. The van der Waals surface area contributed by atoms with Gasteiger partial charge in [0, 0.05) is 22.9 Å². The maximum atomic E-state index is 7.50. The highest BCUT2D eigenvalue weighted by Crippen LogP contribution is 2.31. The molecule has 2 rings (SSSR count). The van der Waals surface area contributed by atoms with Crippen LogP contribution in [0.2, 0.25) is 0 Å². The molecule has 0 spiro atoms. The van der Waals surface area contributed by atoms with Crippen LogP contribution in [0.5, 0.6) is 0 Å². The summed E-state index contributed by atoms with van der Waals surface area (Å²) in [7, 11) is 0. The SMILES string of the molecule is C/C=C(\C=N)c1ccc2scc(NC(/C=C\C=C/CC)=C/C)c2n1. The van der Waals surface area contributed by atoms with E-state index in [1.165, 1.54) is 6.21 Å². The fourth-order valence-corrected chi connectivity index (χ4v) is 3.04. The zero-order valence-electron chi connectivity index (χ0n) is 14.3. The predicted molar refractivity (Wildman–Crippen MR) is 108 cm³/mol. The minimum Gasteiger partial charge on any atom is -0.353 e. The average molecular weight is 337 g/mol. The lowest BCUT2D eigenvalue weighted by atomic mass is 10.1. The molecule has 0 aromatic carbocycles. The number of nitrogens with zero attached hydrogens (tertiary/aromatic N) is 1. The third-order valence-electron chi connectivity index (χ3n) is 3.53. The van der Waals surface area contributed by atoms with E-state index in [2.05, 4.69) is 41.9 Å². The van der Waals surface area contributed by atoms with Crippen molar-refractivity contribution in [3.63, 3.8) is 0 Å². The fraction of sp³-hybridized carbons (Fsp3) is 0.200. The minimum atomic E-state index is 0.824. The maximum absolute atomic E-state index is 7.50. The number of nitrogens with one attached hydrogen (secondary N) is 2. The van der Waals surface area contributed by atoms with E-state index in [0.29, 0.717) is 0 Å². The molecule has 24 heavy (non-hydrogen) atoms. The largest absolute Gasteiger partial charge is 0.353 e. The van der Waals surface area contributed by atoms with Crippen LogP contribution >= 0.6 is 11.3 Å². The summed E-state index contributed by atoms with van der Waals surface area (Å²) in [6, 6.07) is 4.03. The average Bonchev–Trinajstić information content (AvgIpc) is 3.01. The third-order valence-corrected chi connectivity index (χ3v) is 4.46. The molecule has 0 fully saturated rings. The number of pyridine rings is 1. The van der Waals surface area contributed by atoms with Gasteiger partial charge in [-0.05, 0) is 38.5 Å². The number of allylic oxidation sites excluding steroid dienone is 7. The van der Waals surface area contributed by atoms with Gasteiger partial charge in [0.2, 0.25) is 0 Å². The summed E-state index contributed by atoms with van der Waals surface area (Å²) < 4.78 is 1.13. The van der Waals surface area contributed by atoms with Crippen molar-refractivity contribution in [2.75, 3.05) is 5.32 Å². The van der Waals surface area contributed by atoms with Crippen LogP contribution in [0.4, 0.5) is 5.69 Å². The lowest BCUT2D eigenvalue weighted by Gasteiger charge is -2.06. The molecule has 0 saturated heterocycles. The maximum Gasteiger partial charge on any atom is 0.105 e. The standard InChI is InChI=1S/C20H23N3S/c1-4-7-8-9-10-16(6-3)22-18-14-24-19-12-11-17(23-20(18)19)15(5-2)13-21/h5-14,21-22H,4H2,1-3H3/b8-7-,10-9-,15-5+,16-6+,21-13?. The van der Waals surface area contributed by atoms with E-state index >= 15 is 0 Å². The molecule has 3 nitrogen and oxygen atoms in total. The Labute approximate surface area is 147 Å². The second-order valence-corrected chi connectivity index (χ2v) is 6.06. The summed E-state index contributed by atoms with van der Waals surface area (Å²) >= 11 is 1.67. The second-order valence-electron chi connectivity index (χ2n) is 5.15. The Morgan fingerprint density at radius 2 is 2.08 bits per heavy atom. The summed E-state index contributed by atoms with van der Waals surface area (Å²) in [4.78, 5) is 4.74. The highest BCUT2D eigenvalue weighted by atomic mass is 32.1. The van der Waals surface area contributed by atoms with Crippen LogP contribution in [0.1, 0.15) is 32.9 Å². The van der Waals surface area contributed by atoms with Crippen LogP contribution in [-0.2, 0) is 0 Å². The van der Waals surface area contributed by atoms with Gasteiger partial charge in [-0.25, -0.2) is 4.98 Å². The van der Waals surface area contributed by atoms with Gasteiger partial charge in [-0.3, -0.25) is 0 Å². The van der Waals surface area contributed by atoms with E-state index in [1.807, 2.05) is 38.1 Å². The van der Waals surface area contributed by atoms with Crippen molar-refractivity contribution in [2.45, 2.75) is 27.2 Å². The van der Waals surface area contributed by atoms with Gasteiger partial charge in [-0.2, -0.15) is 0 Å². The molecule has 0 aliphatic rings. The summed E-state index contributed by atoms with van der Waals surface area (Å²) in [5.74, 6) is 0. The first-order valence-corrected chi connectivity index (χ1v) is 8.93. The van der Waals surface area contributed by atoms with Crippen LogP contribution < -0.4 is 5.32 Å². The minimum absolute atomic E-state index is 0.824. The zero-order chi connectivity index (χ0) is 17.4. The third kappa shape index (κ3) is 4.30. The number of fused-ring (bicyclic) bond motifs is 1. The Morgan fingerprint density at radius 1 is 1.25 bits per heavy atom. The molecule has 2 aromatic heterocycles. The number of hydrogen-bond acceptors (Lipinski definition) is 4. The van der Waals surface area contributed by atoms with Crippen LogP contribution in [0, 0.1) is 5.41 Å². The van der Waals surface area contributed by atoms with Gasteiger partial charge in [0.25, 0.3) is 0 Å². The summed E-state index contributed by atoms with van der Waals surface area (Å²) in [6.07, 6.45) is 14.6. The Hall–Kier alpha value is -2.46. The Bertz CT molecular complexity index is 823. The Morgan fingerprint density at radius 3 is 2.75 bits per heavy atom. The molecule has 2 heterocycles. The van der Waals surface area contributed by atoms with E-state index in [9.17, 15) is 0 Å². The van der Waals surface area contributed by atoms with E-state index in [-0.39, 0.29) is 0 Å². The molecule has 2 N–H and O–H groups in total. The summed E-state index contributed by atoms with van der Waals surface area (Å²) in [5, 5.41) is 13.0. The van der Waals surface area contributed by atoms with E-state index in [1.54, 1.807) is 11.3 Å². The fourth-order valence-electron chi connectivity index (χ4n) is 2.21. The highest BCUT2D eigenvalue weighted by molar-refractivity contribution is 7.17. The quantitative estimate of drug-likeness (QED) is 0.467. The molecule has 0 saturated carbocycles. The monoisotopic (exact) mass is 337 g/mol. The van der Waals surface area contributed by atoms with E-state index in [4.69, 9.17) is 10.4 Å². The second kappa shape index (κ2) is 8.99. The van der Waals surface area contributed by atoms with Crippen molar-refractivity contribution < 1.29 is 0 Å². The normalized spacial score (nSPS) is 13.3. The molecule has 0 aliphatic carbocycles. The van der Waals surface area contributed by atoms with Gasteiger partial charge in [0.15, 0.2) is 0 Å². The molecule has 0 radical (unpaired) electrons. The number of rotatable bonds is 7. The van der Waals surface area contributed by atoms with Crippen molar-refractivity contribution in [1.82, 2.24) is 4.98 Å². The molecule has 0 amide bonds. The van der Waals surface area contributed by atoms with Crippen LogP contribution in [-0.4, -0.2) is 11.2 Å². The summed E-state index contributed by atoms with van der Waals surface area (Å²) in [5.41, 5.74) is 4.61. The zero-order valence-corrected chi connectivity index (χ0v) is 15.2. The van der Waals surface area contributed by atoms with Crippen molar-refractivity contribution in [3.8, 4) is 0 Å². The lowest BCUT2D eigenvalue weighted by molar-refractivity contribution is 1.22. The first kappa shape index (κ1) is 17.9. The molecule has 2 aromatic rings. The lowest BCUT2D eigenvalue weighted by Crippen LogP contribution is -1.97. The first-order valence-electron chi connectivity index (χ1n) is 8.05. The van der Waals surface area contributed by atoms with Crippen molar-refractivity contribution in [3.05, 3.63) is 65.4 Å². The number of hydrogen-bond donors (Lipinski definition) is 2. The van der Waals surface area contributed by atoms with Crippen molar-refractivity contribution in [1.29, 1.82) is 5.41 Å². The van der Waals surface area contributed by atoms with Crippen molar-refractivity contribution in [2.24, 2.45) is 0 Å². The molecular weight excluding hydrogens is 314 g/mol. The molecule has 124 valence electrons. The molecule has 0 bridgehead atoms. The van der Waals surface area contributed by atoms with Crippen LogP contribution in [0.3, 0.4) is 0 Å². The number of thiophene rings is 1. The Kier molecular flexibility index (Phi) is 6.70. The van der Waals surface area contributed by atoms with Crippen molar-refractivity contribution >= 4 is 39.0 Å². The molecule has 0 aliphatic heterocycles. The Balaban J connectivity index is 2.31. The van der Waals surface area contributed by atoms with Gasteiger partial charge in [-0.1, -0.05) is 37.3 Å². The van der Waals surface area contributed by atoms with E-state index in [0.717, 1.165) is 39.3 Å². The molecular formula is C20H23N3S. The van der Waals surface area contributed by atoms with E-state index < -0.39 is 0 Å². The number of aromatic nitrogens is 1. The molecule has 4 heteroatoms. The van der Waals surface area contributed by atoms with Crippen LogP contribution in [0.15, 0.2) is 59.7 Å². The van der Waals surface area contributed by atoms with Crippen LogP contribution in [0.25, 0.3) is 15.8 Å². The smallest absolute Gasteiger partial charge is 0.105 e. The molecule has 0 atom stereocenters. The van der Waals surface area contributed by atoms with Gasteiger partial charge < -0.3 is 10.7 Å². The van der Waals surface area contributed by atoms with Gasteiger partial charge in [-0.15, -0.1) is 11.3 Å². The van der Waals surface area contributed by atoms with Gasteiger partial charge in [0.05, 0.1) is 16.1 Å². The predicted octanol–water partition coefficient (Wildman–Crippen LogP) is 6.19. The topological polar surface area (TPSA) is 48.8 Å². The van der Waals surface area contributed by atoms with Gasteiger partial charge in [0.1, 0.15) is 5.52 Å². The van der Waals surface area contributed by atoms with Gasteiger partial charge >= 0.3 is 0 Å². The summed E-state index contributed by atoms with van der Waals surface area (Å²) in [6.45, 7) is 6.05. The number of anilines is 1. The first-order chi connectivity index (χ1) is 11.7. The highest BCUT2D eigenvalue weighted by Gasteiger charge is 2.08.